The molecule has 0 aromatic heterocycles. The van der Waals surface area contributed by atoms with Crippen molar-refractivity contribution in [3.63, 3.8) is 0 Å². The van der Waals surface area contributed by atoms with Crippen LogP contribution in [0.3, 0.4) is 0 Å². The Kier molecular flexibility index (Phi) is 9.18. The molecule has 0 unspecified atom stereocenters. The van der Waals surface area contributed by atoms with E-state index in [0.717, 1.165) is 63.9 Å². The summed E-state index contributed by atoms with van der Waals surface area (Å²) in [5.74, 6) is 0.697. The average molecular weight is 529 g/mol. The third kappa shape index (κ3) is 7.74. The van der Waals surface area contributed by atoms with Crippen LogP contribution >= 0.6 is 0 Å². The van der Waals surface area contributed by atoms with E-state index < -0.39 is 5.60 Å². The highest BCUT2D eigenvalue weighted by molar-refractivity contribution is 6.62. The fourth-order valence-electron chi connectivity index (χ4n) is 5.36. The number of nitrogens with zero attached hydrogens (tertiary/aromatic N) is 2. The Bertz CT molecular complexity index is 898. The number of rotatable bonds is 7. The topological polar surface area (TPSA) is 60.5 Å². The van der Waals surface area contributed by atoms with Gasteiger partial charge in [0, 0.05) is 26.2 Å². The summed E-state index contributed by atoms with van der Waals surface area (Å²) in [5, 5.41) is 0. The summed E-state index contributed by atoms with van der Waals surface area (Å²) < 4.78 is 24.1. The Morgan fingerprint density at radius 1 is 0.947 bits per heavy atom. The van der Waals surface area contributed by atoms with Crippen LogP contribution in [0.1, 0.15) is 86.1 Å². The fraction of sp³-hybridized carbons (Fsp3) is 0.767. The van der Waals surface area contributed by atoms with E-state index in [1.807, 2.05) is 25.7 Å². The van der Waals surface area contributed by atoms with Crippen LogP contribution in [0.15, 0.2) is 24.3 Å². The summed E-state index contributed by atoms with van der Waals surface area (Å²) >= 11 is 0. The van der Waals surface area contributed by atoms with E-state index in [2.05, 4.69) is 56.9 Å². The highest BCUT2D eigenvalue weighted by Gasteiger charge is 2.51. The van der Waals surface area contributed by atoms with Gasteiger partial charge in [-0.05, 0) is 104 Å². The summed E-state index contributed by atoms with van der Waals surface area (Å²) in [6.07, 6.45) is 5.69. The molecule has 4 rings (SSSR count). The summed E-state index contributed by atoms with van der Waals surface area (Å²) in [6, 6.07) is 8.45. The van der Waals surface area contributed by atoms with Gasteiger partial charge in [-0.15, -0.1) is 0 Å². The fourth-order valence-corrected chi connectivity index (χ4v) is 5.36. The number of hydrogen-bond acceptors (Lipinski definition) is 6. The molecule has 7 nitrogen and oxygen atoms in total. The maximum Gasteiger partial charge on any atom is 0.494 e. The van der Waals surface area contributed by atoms with Gasteiger partial charge in [0.15, 0.2) is 0 Å². The first kappa shape index (κ1) is 29.4. The second kappa shape index (κ2) is 11.9. The molecule has 0 saturated carbocycles. The molecular weight excluding hydrogens is 479 g/mol. The number of piperidine rings is 2. The lowest BCUT2D eigenvalue weighted by Gasteiger charge is -2.35. The van der Waals surface area contributed by atoms with Crippen molar-refractivity contribution in [2.75, 3.05) is 32.7 Å². The van der Waals surface area contributed by atoms with Gasteiger partial charge in [0.25, 0.3) is 0 Å². The van der Waals surface area contributed by atoms with E-state index in [0.29, 0.717) is 18.6 Å². The van der Waals surface area contributed by atoms with Gasteiger partial charge < -0.3 is 28.6 Å². The first-order valence-electron chi connectivity index (χ1n) is 14.6. The van der Waals surface area contributed by atoms with Crippen LogP contribution in [0.5, 0.6) is 0 Å². The van der Waals surface area contributed by atoms with Crippen molar-refractivity contribution in [2.45, 2.75) is 110 Å². The number of ether oxygens (including phenoxy) is 2. The number of likely N-dealkylation sites (tertiary alicyclic amines) is 2. The molecule has 1 aromatic rings. The molecule has 0 atom stereocenters. The zero-order valence-corrected chi connectivity index (χ0v) is 24.8. The lowest BCUT2D eigenvalue weighted by atomic mass is 9.79. The van der Waals surface area contributed by atoms with Crippen molar-refractivity contribution in [1.29, 1.82) is 0 Å². The molecule has 3 heterocycles. The number of benzene rings is 1. The van der Waals surface area contributed by atoms with Crippen LogP contribution in [0, 0.1) is 5.92 Å². The highest BCUT2D eigenvalue weighted by atomic mass is 16.7. The summed E-state index contributed by atoms with van der Waals surface area (Å²) in [4.78, 5) is 16.7. The van der Waals surface area contributed by atoms with Gasteiger partial charge in [0.1, 0.15) is 5.60 Å². The Morgan fingerprint density at radius 2 is 1.53 bits per heavy atom. The number of carbonyl (C=O) groups is 1. The van der Waals surface area contributed by atoms with Gasteiger partial charge in [-0.1, -0.05) is 24.3 Å². The third-order valence-electron chi connectivity index (χ3n) is 8.65. The van der Waals surface area contributed by atoms with Crippen molar-refractivity contribution in [2.24, 2.45) is 5.92 Å². The Morgan fingerprint density at radius 3 is 2.08 bits per heavy atom. The molecule has 3 saturated heterocycles. The van der Waals surface area contributed by atoms with E-state index in [9.17, 15) is 4.79 Å². The van der Waals surface area contributed by atoms with E-state index in [1.54, 1.807) is 0 Å². The second-order valence-electron chi connectivity index (χ2n) is 13.4. The molecule has 38 heavy (non-hydrogen) atoms. The molecule has 0 aliphatic carbocycles. The minimum atomic E-state index is -0.427. The lowest BCUT2D eigenvalue weighted by Crippen LogP contribution is -2.42. The zero-order chi connectivity index (χ0) is 27.6. The minimum Gasteiger partial charge on any atom is -0.444 e. The molecule has 3 aliphatic rings. The molecule has 1 aromatic carbocycles. The van der Waals surface area contributed by atoms with Crippen LogP contribution < -0.4 is 5.46 Å². The maximum absolute atomic E-state index is 12.3. The highest BCUT2D eigenvalue weighted by Crippen LogP contribution is 2.36. The molecule has 3 aliphatic heterocycles. The zero-order valence-electron chi connectivity index (χ0n) is 24.8. The van der Waals surface area contributed by atoms with Crippen molar-refractivity contribution >= 4 is 18.7 Å². The third-order valence-corrected chi connectivity index (χ3v) is 8.65. The van der Waals surface area contributed by atoms with E-state index >= 15 is 0 Å². The van der Waals surface area contributed by atoms with Crippen molar-refractivity contribution < 1.29 is 23.6 Å². The van der Waals surface area contributed by atoms with Gasteiger partial charge in [-0.3, -0.25) is 0 Å². The van der Waals surface area contributed by atoms with Gasteiger partial charge in [-0.25, -0.2) is 4.79 Å². The molecular formula is C30H49BN2O5. The summed E-state index contributed by atoms with van der Waals surface area (Å²) in [6.45, 7) is 19.7. The monoisotopic (exact) mass is 528 g/mol. The van der Waals surface area contributed by atoms with Crippen LogP contribution in [0.2, 0.25) is 0 Å². The van der Waals surface area contributed by atoms with Crippen LogP contribution in [0.4, 0.5) is 4.79 Å². The van der Waals surface area contributed by atoms with Crippen molar-refractivity contribution in [3.8, 4) is 0 Å². The number of carbonyl (C=O) groups excluding carboxylic acids is 1. The van der Waals surface area contributed by atoms with Gasteiger partial charge in [0.05, 0.1) is 23.9 Å². The predicted molar refractivity (Wildman–Crippen MR) is 152 cm³/mol. The largest absolute Gasteiger partial charge is 0.494 e. The van der Waals surface area contributed by atoms with E-state index in [-0.39, 0.29) is 24.4 Å². The Balaban J connectivity index is 1.11. The lowest BCUT2D eigenvalue weighted by molar-refractivity contribution is -0.00411. The first-order valence-corrected chi connectivity index (χ1v) is 14.6. The smallest absolute Gasteiger partial charge is 0.444 e. The molecule has 1 amide bonds. The standard InChI is InChI=1S/C30H49BN2O5/c1-28(2,3)36-27(34)33-20-13-23(14-21-33)12-17-32-18-15-26(16-19-32)35-22-24-8-10-25(11-9-24)31-37-29(4,5)30(6,7)38-31/h8-11,23,26H,12-22H2,1-7H3. The summed E-state index contributed by atoms with van der Waals surface area (Å²) in [7, 11) is -0.322. The van der Waals surface area contributed by atoms with E-state index in [4.69, 9.17) is 18.8 Å². The number of amides is 1. The molecule has 0 spiro atoms. The van der Waals surface area contributed by atoms with Crippen LogP contribution in [-0.4, -0.2) is 78.6 Å². The quantitative estimate of drug-likeness (QED) is 0.464. The van der Waals surface area contributed by atoms with Gasteiger partial charge in [-0.2, -0.15) is 0 Å². The molecule has 212 valence electrons. The maximum atomic E-state index is 12.3. The SMILES string of the molecule is CC(C)(C)OC(=O)N1CCC(CCN2CCC(OCc3ccc(B4OC(C)(C)C(C)(C)O4)cc3)CC2)CC1. The number of hydrogen-bond donors (Lipinski definition) is 0. The van der Waals surface area contributed by atoms with Crippen molar-refractivity contribution in [1.82, 2.24) is 9.80 Å². The van der Waals surface area contributed by atoms with Crippen molar-refractivity contribution in [3.05, 3.63) is 29.8 Å². The normalized spacial score (nSPS) is 23.1. The predicted octanol–water partition coefficient (Wildman–Crippen LogP) is 5.00. The molecule has 3 fully saturated rings. The minimum absolute atomic E-state index is 0.168. The Hall–Kier alpha value is -1.61. The Labute approximate surface area is 230 Å². The first-order chi connectivity index (χ1) is 17.8. The van der Waals surface area contributed by atoms with Crippen LogP contribution in [0.25, 0.3) is 0 Å². The summed E-state index contributed by atoms with van der Waals surface area (Å²) in [5.41, 5.74) is 1.16. The molecule has 0 N–H and O–H groups in total. The molecule has 8 heteroatoms. The molecule has 0 bridgehead atoms. The van der Waals surface area contributed by atoms with E-state index in [1.165, 1.54) is 12.0 Å². The molecule has 0 radical (unpaired) electrons. The van der Waals surface area contributed by atoms with Gasteiger partial charge >= 0.3 is 13.2 Å². The average Bonchev–Trinajstić information content (AvgIpc) is 3.08. The second-order valence-corrected chi connectivity index (χ2v) is 13.4. The van der Waals surface area contributed by atoms with Gasteiger partial charge in [0.2, 0.25) is 0 Å². The van der Waals surface area contributed by atoms with Crippen LogP contribution in [-0.2, 0) is 25.4 Å².